The molecule has 0 amide bonds. The average molecular weight is 328 g/mol. The highest BCUT2D eigenvalue weighted by atomic mass is 16.4. The van der Waals surface area contributed by atoms with Gasteiger partial charge >= 0.3 is 5.97 Å². The maximum absolute atomic E-state index is 10.7. The monoisotopic (exact) mass is 327 g/mol. The van der Waals surface area contributed by atoms with Gasteiger partial charge < -0.3 is 16.2 Å². The lowest BCUT2D eigenvalue weighted by atomic mass is 9.93. The molecule has 0 aliphatic carbocycles. The summed E-state index contributed by atoms with van der Waals surface area (Å²) in [4.78, 5) is 10.7. The molecule has 5 heteroatoms. The Morgan fingerprint density at radius 1 is 1.00 bits per heavy atom. The number of nitrogens with two attached hydrogens (primary N) is 1. The van der Waals surface area contributed by atoms with E-state index < -0.39 is 12.0 Å². The Labute approximate surface area is 141 Å². The summed E-state index contributed by atoms with van der Waals surface area (Å²) in [5.74, 6) is -0.00413. The van der Waals surface area contributed by atoms with E-state index >= 15 is 0 Å². The number of rotatable bonds is 15. The Kier molecular flexibility index (Phi) is 13.8. The van der Waals surface area contributed by atoms with Crippen LogP contribution in [0.3, 0.4) is 0 Å². The predicted octanol–water partition coefficient (Wildman–Crippen LogP) is 3.91. The van der Waals surface area contributed by atoms with Crippen LogP contribution >= 0.6 is 0 Å². The molecule has 0 spiro atoms. The first-order valence-electron chi connectivity index (χ1n) is 9.33. The van der Waals surface area contributed by atoms with Gasteiger partial charge in [0.25, 0.3) is 0 Å². The average Bonchev–Trinajstić information content (AvgIpc) is 2.53. The molecule has 23 heavy (non-hydrogen) atoms. The van der Waals surface area contributed by atoms with Crippen LogP contribution in [0.5, 0.6) is 0 Å². The van der Waals surface area contributed by atoms with E-state index in [0.717, 1.165) is 25.7 Å². The summed E-state index contributed by atoms with van der Waals surface area (Å²) in [5, 5.41) is 20.2. The number of carboxylic acids is 1. The molecule has 0 saturated carbocycles. The second-order valence-corrected chi connectivity index (χ2v) is 6.47. The van der Waals surface area contributed by atoms with E-state index in [1.165, 1.54) is 32.1 Å². The Bertz CT molecular complexity index is 321. The Morgan fingerprint density at radius 2 is 1.61 bits per heavy atom. The topological polar surface area (TPSA) is 99.2 Å². The number of hydrogen-bond donors (Lipinski definition) is 4. The van der Waals surface area contributed by atoms with Crippen molar-refractivity contribution >= 4 is 11.8 Å². The molecule has 2 atom stereocenters. The summed E-state index contributed by atoms with van der Waals surface area (Å²) in [5.41, 5.74) is 5.48. The predicted molar refractivity (Wildman–Crippen MR) is 97.0 cm³/mol. The largest absolute Gasteiger partial charge is 0.480 e. The number of carboxylic acid groups (broad SMARTS) is 1. The molecule has 0 aromatic carbocycles. The number of aliphatic carboxylic acids is 1. The fourth-order valence-corrected chi connectivity index (χ4v) is 2.69. The Morgan fingerprint density at radius 3 is 2.22 bits per heavy atom. The second kappa shape index (κ2) is 14.5. The lowest BCUT2D eigenvalue weighted by Gasteiger charge is -2.19. The summed E-state index contributed by atoms with van der Waals surface area (Å²) in [6.45, 7) is 5.04. The molecule has 0 saturated heterocycles. The van der Waals surface area contributed by atoms with Crippen molar-refractivity contribution in [2.45, 2.75) is 90.5 Å². The van der Waals surface area contributed by atoms with E-state index in [2.05, 4.69) is 19.2 Å². The van der Waals surface area contributed by atoms with Gasteiger partial charge in [0.15, 0.2) is 0 Å². The highest BCUT2D eigenvalue weighted by molar-refractivity contribution is 5.81. The quantitative estimate of drug-likeness (QED) is 0.208. The molecular formula is C18H37N3O2. The normalized spacial score (nSPS) is 13.5. The van der Waals surface area contributed by atoms with Crippen molar-refractivity contribution in [3.05, 3.63) is 0 Å². The first-order chi connectivity index (χ1) is 11.0. The molecule has 0 aliphatic heterocycles. The molecule has 0 aromatic rings. The number of nitrogens with one attached hydrogen (secondary N) is 2. The maximum Gasteiger partial charge on any atom is 0.320 e. The molecule has 0 rings (SSSR count). The van der Waals surface area contributed by atoms with Gasteiger partial charge in [-0.3, -0.25) is 10.2 Å². The second-order valence-electron chi connectivity index (χ2n) is 6.47. The van der Waals surface area contributed by atoms with E-state index in [4.69, 9.17) is 16.2 Å². The fourth-order valence-electron chi connectivity index (χ4n) is 2.69. The van der Waals surface area contributed by atoms with Gasteiger partial charge in [-0.05, 0) is 25.7 Å². The van der Waals surface area contributed by atoms with Crippen molar-refractivity contribution in [3.8, 4) is 0 Å². The van der Waals surface area contributed by atoms with Crippen molar-refractivity contribution < 1.29 is 9.90 Å². The number of unbranched alkanes of at least 4 members (excludes halogenated alkanes) is 5. The van der Waals surface area contributed by atoms with Crippen LogP contribution in [0, 0.1) is 11.3 Å². The Balaban J connectivity index is 4.01. The molecule has 0 bridgehead atoms. The van der Waals surface area contributed by atoms with Gasteiger partial charge in [-0.2, -0.15) is 0 Å². The highest BCUT2D eigenvalue weighted by Crippen LogP contribution is 2.18. The van der Waals surface area contributed by atoms with E-state index in [1.807, 2.05) is 0 Å². The standard InChI is InChI=1S/C18H37N3O2/c1-3-5-7-8-9-12-15(11-6-4-2)17(20)21-14-10-13-16(19)18(22)23/h15-16H,3-14,19H2,1-2H3,(H2,20,21)(H,22,23). The number of amidine groups is 1. The smallest absolute Gasteiger partial charge is 0.320 e. The van der Waals surface area contributed by atoms with Crippen LogP contribution in [0.4, 0.5) is 0 Å². The third kappa shape index (κ3) is 12.0. The minimum absolute atomic E-state index is 0.324. The van der Waals surface area contributed by atoms with Gasteiger partial charge in [0.05, 0.1) is 5.84 Å². The molecule has 0 fully saturated rings. The van der Waals surface area contributed by atoms with Crippen molar-refractivity contribution in [1.82, 2.24) is 5.32 Å². The fraction of sp³-hybridized carbons (Fsp3) is 0.889. The molecule has 0 aromatic heterocycles. The van der Waals surface area contributed by atoms with E-state index in [-0.39, 0.29) is 0 Å². The van der Waals surface area contributed by atoms with Crippen LogP contribution in [0.15, 0.2) is 0 Å². The van der Waals surface area contributed by atoms with Crippen LogP contribution in [0.25, 0.3) is 0 Å². The number of carbonyl (C=O) groups is 1. The van der Waals surface area contributed by atoms with Crippen LogP contribution in [0.2, 0.25) is 0 Å². The zero-order chi connectivity index (χ0) is 17.5. The van der Waals surface area contributed by atoms with Crippen molar-refractivity contribution in [2.24, 2.45) is 11.7 Å². The lowest BCUT2D eigenvalue weighted by Crippen LogP contribution is -2.34. The van der Waals surface area contributed by atoms with E-state index in [9.17, 15) is 4.79 Å². The van der Waals surface area contributed by atoms with Gasteiger partial charge in [-0.25, -0.2) is 0 Å². The minimum atomic E-state index is -0.951. The third-order valence-electron chi connectivity index (χ3n) is 4.30. The van der Waals surface area contributed by atoms with Gasteiger partial charge in [-0.1, -0.05) is 58.8 Å². The van der Waals surface area contributed by atoms with E-state index in [1.54, 1.807) is 0 Å². The highest BCUT2D eigenvalue weighted by Gasteiger charge is 2.14. The zero-order valence-corrected chi connectivity index (χ0v) is 15.1. The van der Waals surface area contributed by atoms with Gasteiger partial charge in [0.2, 0.25) is 0 Å². The first kappa shape index (κ1) is 21.9. The van der Waals surface area contributed by atoms with Crippen LogP contribution in [-0.4, -0.2) is 29.5 Å². The maximum atomic E-state index is 10.7. The summed E-state index contributed by atoms with van der Waals surface area (Å²) < 4.78 is 0. The SMILES string of the molecule is CCCCCCCC(CCCC)C(=N)NCCCC(N)C(=O)O. The molecule has 136 valence electrons. The summed E-state index contributed by atoms with van der Waals surface area (Å²) in [7, 11) is 0. The third-order valence-corrected chi connectivity index (χ3v) is 4.30. The Hall–Kier alpha value is -1.10. The number of hydrogen-bond acceptors (Lipinski definition) is 3. The molecule has 0 radical (unpaired) electrons. The van der Waals surface area contributed by atoms with Crippen LogP contribution in [-0.2, 0) is 4.79 Å². The minimum Gasteiger partial charge on any atom is -0.480 e. The van der Waals surface area contributed by atoms with Gasteiger partial charge in [0, 0.05) is 12.5 Å². The molecule has 5 nitrogen and oxygen atoms in total. The molecule has 2 unspecified atom stereocenters. The summed E-state index contributed by atoms with van der Waals surface area (Å²) >= 11 is 0. The molecule has 0 aliphatic rings. The zero-order valence-electron chi connectivity index (χ0n) is 15.1. The van der Waals surface area contributed by atoms with Gasteiger partial charge in [0.1, 0.15) is 6.04 Å². The van der Waals surface area contributed by atoms with Crippen LogP contribution in [0.1, 0.15) is 84.5 Å². The molecular weight excluding hydrogens is 290 g/mol. The first-order valence-corrected chi connectivity index (χ1v) is 9.33. The summed E-state index contributed by atoms with van der Waals surface area (Å²) in [6, 6.07) is -0.791. The van der Waals surface area contributed by atoms with Crippen molar-refractivity contribution in [3.63, 3.8) is 0 Å². The molecule has 0 heterocycles. The lowest BCUT2D eigenvalue weighted by molar-refractivity contribution is -0.138. The van der Waals surface area contributed by atoms with Gasteiger partial charge in [-0.15, -0.1) is 0 Å². The summed E-state index contributed by atoms with van der Waals surface area (Å²) in [6.07, 6.45) is 11.9. The van der Waals surface area contributed by atoms with Crippen molar-refractivity contribution in [1.29, 1.82) is 5.41 Å². The van der Waals surface area contributed by atoms with Crippen molar-refractivity contribution in [2.75, 3.05) is 6.54 Å². The van der Waals surface area contributed by atoms with Crippen LogP contribution < -0.4 is 11.1 Å². The van der Waals surface area contributed by atoms with E-state index in [0.29, 0.717) is 31.1 Å². The molecule has 5 N–H and O–H groups in total.